The Morgan fingerprint density at radius 3 is 2.14 bits per heavy atom. The van der Waals surface area contributed by atoms with Crippen LogP contribution in [0.4, 0.5) is 8.78 Å². The van der Waals surface area contributed by atoms with Crippen molar-refractivity contribution >= 4 is 29.7 Å². The second-order valence-electron chi connectivity index (χ2n) is 4.79. The summed E-state index contributed by atoms with van der Waals surface area (Å²) >= 11 is 11.3. The van der Waals surface area contributed by atoms with Crippen LogP contribution in [0.5, 0.6) is 0 Å². The predicted octanol–water partition coefficient (Wildman–Crippen LogP) is 4.85. The molecule has 1 aromatic heterocycles. The monoisotopic (exact) mass is 339 g/mol. The molecule has 7 heteroatoms. The quantitative estimate of drug-likeness (QED) is 0.583. The highest BCUT2D eigenvalue weighted by Crippen LogP contribution is 2.44. The first-order chi connectivity index (χ1) is 9.91. The molecule has 118 valence electrons. The lowest BCUT2D eigenvalue weighted by molar-refractivity contribution is -0.126. The fourth-order valence-corrected chi connectivity index (χ4v) is 2.82. The summed E-state index contributed by atoms with van der Waals surface area (Å²) in [6.45, 7) is 0.375. The molecule has 0 aliphatic heterocycles. The maximum atomic E-state index is 14.3. The van der Waals surface area contributed by atoms with Gasteiger partial charge in [-0.15, -0.1) is 0 Å². The number of rotatable bonds is 3. The van der Waals surface area contributed by atoms with Crippen LogP contribution in [0.15, 0.2) is 12.1 Å². The summed E-state index contributed by atoms with van der Waals surface area (Å²) in [6.07, 6.45) is 3.90. The number of carbonyl (C=O) groups is 1. The third-order valence-corrected chi connectivity index (χ3v) is 3.75. The zero-order valence-electron chi connectivity index (χ0n) is 11.6. The van der Waals surface area contributed by atoms with E-state index in [-0.39, 0.29) is 15.9 Å². The Labute approximate surface area is 132 Å². The number of alkyl halides is 2. The molecule has 1 saturated carbocycles. The molecule has 1 aliphatic carbocycles. The number of carbonyl (C=O) groups excluding carboxylic acids is 1. The largest absolute Gasteiger partial charge is 0.471 e. The van der Waals surface area contributed by atoms with Crippen LogP contribution in [-0.2, 0) is 15.5 Å². The van der Waals surface area contributed by atoms with Gasteiger partial charge in [0.2, 0.25) is 0 Å². The minimum absolute atomic E-state index is 0.0167. The van der Waals surface area contributed by atoms with Gasteiger partial charge in [-0.2, -0.15) is 0 Å². The summed E-state index contributed by atoms with van der Waals surface area (Å²) in [5.74, 6) is -3.47. The highest BCUT2D eigenvalue weighted by Gasteiger charge is 2.41. The Balaban J connectivity index is 0.000000491. The van der Waals surface area contributed by atoms with Crippen molar-refractivity contribution in [3.8, 4) is 0 Å². The van der Waals surface area contributed by atoms with Crippen molar-refractivity contribution in [2.45, 2.75) is 38.0 Å². The average molecular weight is 340 g/mol. The first-order valence-corrected chi connectivity index (χ1v) is 7.35. The van der Waals surface area contributed by atoms with Crippen LogP contribution in [0.2, 0.25) is 10.3 Å². The van der Waals surface area contributed by atoms with Crippen LogP contribution in [0, 0.1) is 5.92 Å². The molecule has 0 amide bonds. The van der Waals surface area contributed by atoms with Crippen molar-refractivity contribution < 1.29 is 18.3 Å². The van der Waals surface area contributed by atoms with Gasteiger partial charge >= 0.3 is 0 Å². The van der Waals surface area contributed by atoms with Crippen LogP contribution in [0.3, 0.4) is 0 Å². The molecular weight excluding hydrogens is 323 g/mol. The van der Waals surface area contributed by atoms with E-state index in [0.29, 0.717) is 19.3 Å². The number of nitrogens with zero attached hydrogens (tertiary/aromatic N) is 1. The number of halogens is 4. The van der Waals surface area contributed by atoms with E-state index in [1.807, 2.05) is 0 Å². The molecule has 0 spiro atoms. The number of methoxy groups -OCH3 is 1. The molecule has 3 nitrogen and oxygen atoms in total. The van der Waals surface area contributed by atoms with E-state index >= 15 is 0 Å². The topological polar surface area (TPSA) is 39.2 Å². The lowest BCUT2D eigenvalue weighted by atomic mass is 9.82. The zero-order chi connectivity index (χ0) is 15.9. The van der Waals surface area contributed by atoms with Crippen molar-refractivity contribution in [3.05, 3.63) is 28.0 Å². The SMILES string of the molecule is COC=O.FC(F)(c1cc(Cl)nc(Cl)c1)C1CCCCC1. The van der Waals surface area contributed by atoms with Crippen molar-refractivity contribution in [1.29, 1.82) is 0 Å². The summed E-state index contributed by atoms with van der Waals surface area (Å²) in [5, 5.41) is 0.0333. The van der Waals surface area contributed by atoms with E-state index in [1.54, 1.807) is 0 Å². The highest BCUT2D eigenvalue weighted by molar-refractivity contribution is 6.32. The molecule has 1 aromatic rings. The molecule has 0 N–H and O–H groups in total. The van der Waals surface area contributed by atoms with Crippen LogP contribution >= 0.6 is 23.2 Å². The number of hydrogen-bond donors (Lipinski definition) is 0. The zero-order valence-corrected chi connectivity index (χ0v) is 13.1. The Kier molecular flexibility index (Phi) is 7.32. The van der Waals surface area contributed by atoms with E-state index in [4.69, 9.17) is 28.0 Å². The van der Waals surface area contributed by atoms with Gasteiger partial charge in [0.05, 0.1) is 7.11 Å². The lowest BCUT2D eigenvalue weighted by Gasteiger charge is -2.30. The molecule has 0 radical (unpaired) electrons. The lowest BCUT2D eigenvalue weighted by Crippen LogP contribution is -2.27. The number of hydrogen-bond acceptors (Lipinski definition) is 3. The van der Waals surface area contributed by atoms with Crippen LogP contribution in [-0.4, -0.2) is 18.6 Å². The second kappa shape index (κ2) is 8.49. The summed E-state index contributed by atoms with van der Waals surface area (Å²) in [5.41, 5.74) is -0.116. The molecule has 1 aliphatic rings. The smallest absolute Gasteiger partial charge is 0.292 e. The van der Waals surface area contributed by atoms with Crippen molar-refractivity contribution in [2.75, 3.05) is 7.11 Å². The summed E-state index contributed by atoms with van der Waals surface area (Å²) in [4.78, 5) is 12.6. The summed E-state index contributed by atoms with van der Waals surface area (Å²) < 4.78 is 32.4. The Morgan fingerprint density at radius 2 is 1.71 bits per heavy atom. The fraction of sp³-hybridized carbons (Fsp3) is 0.571. The van der Waals surface area contributed by atoms with E-state index in [1.165, 1.54) is 19.2 Å². The molecule has 0 aromatic carbocycles. The molecule has 0 unspecified atom stereocenters. The van der Waals surface area contributed by atoms with E-state index in [2.05, 4.69) is 9.72 Å². The third-order valence-electron chi connectivity index (χ3n) is 3.36. The maximum absolute atomic E-state index is 14.3. The third kappa shape index (κ3) is 5.40. The normalized spacial score (nSPS) is 15.9. The van der Waals surface area contributed by atoms with Gasteiger partial charge < -0.3 is 4.74 Å². The van der Waals surface area contributed by atoms with Gasteiger partial charge in [0.1, 0.15) is 10.3 Å². The van der Waals surface area contributed by atoms with Crippen molar-refractivity contribution in [1.82, 2.24) is 4.98 Å². The molecule has 0 saturated heterocycles. The van der Waals surface area contributed by atoms with Crippen molar-refractivity contribution in [3.63, 3.8) is 0 Å². The highest BCUT2D eigenvalue weighted by atomic mass is 35.5. The second-order valence-corrected chi connectivity index (χ2v) is 5.57. The summed E-state index contributed by atoms with van der Waals surface area (Å²) in [7, 11) is 1.31. The predicted molar refractivity (Wildman–Crippen MR) is 77.8 cm³/mol. The minimum Gasteiger partial charge on any atom is -0.471 e. The van der Waals surface area contributed by atoms with E-state index in [0.717, 1.165) is 19.3 Å². The van der Waals surface area contributed by atoms with Gasteiger partial charge in [-0.25, -0.2) is 13.8 Å². The minimum atomic E-state index is -2.86. The van der Waals surface area contributed by atoms with Crippen LogP contribution in [0.1, 0.15) is 37.7 Å². The van der Waals surface area contributed by atoms with Gasteiger partial charge in [-0.05, 0) is 25.0 Å². The van der Waals surface area contributed by atoms with Crippen molar-refractivity contribution in [2.24, 2.45) is 5.92 Å². The number of pyridine rings is 1. The Morgan fingerprint density at radius 1 is 1.24 bits per heavy atom. The van der Waals surface area contributed by atoms with E-state index < -0.39 is 11.8 Å². The first kappa shape index (κ1) is 18.1. The van der Waals surface area contributed by atoms with Gasteiger partial charge in [0.15, 0.2) is 0 Å². The molecular formula is C14H17Cl2F2NO2. The first-order valence-electron chi connectivity index (χ1n) is 6.59. The molecule has 1 fully saturated rings. The van der Waals surface area contributed by atoms with Gasteiger partial charge in [0, 0.05) is 11.5 Å². The maximum Gasteiger partial charge on any atom is 0.292 e. The molecule has 2 rings (SSSR count). The van der Waals surface area contributed by atoms with Gasteiger partial charge in [-0.1, -0.05) is 42.5 Å². The van der Waals surface area contributed by atoms with Crippen LogP contribution < -0.4 is 0 Å². The number of aromatic nitrogens is 1. The molecule has 0 atom stereocenters. The van der Waals surface area contributed by atoms with Crippen LogP contribution in [0.25, 0.3) is 0 Å². The summed E-state index contributed by atoms with van der Waals surface area (Å²) in [6, 6.07) is 2.42. The molecule has 21 heavy (non-hydrogen) atoms. The van der Waals surface area contributed by atoms with Gasteiger partial charge in [0.25, 0.3) is 12.4 Å². The average Bonchev–Trinajstić information content (AvgIpc) is 2.47. The Hall–Kier alpha value is -0.940. The fourth-order valence-electron chi connectivity index (χ4n) is 2.36. The Bertz CT molecular complexity index is 446. The molecule has 0 bridgehead atoms. The standard InChI is InChI=1S/C12H13Cl2F2N.C2H4O2/c13-10-6-9(7-11(14)17-10)12(15,16)8-4-2-1-3-5-8;1-4-2-3/h6-8H,1-5H2;2H,1H3. The molecule has 1 heterocycles. The van der Waals surface area contributed by atoms with Gasteiger partial charge in [-0.3, -0.25) is 4.79 Å². The van der Waals surface area contributed by atoms with E-state index in [9.17, 15) is 8.78 Å². The number of ether oxygens (including phenoxy) is 1.